The summed E-state index contributed by atoms with van der Waals surface area (Å²) < 4.78 is 0. The predicted molar refractivity (Wildman–Crippen MR) is 70.1 cm³/mol. The van der Waals surface area contributed by atoms with Crippen LogP contribution in [0.15, 0.2) is 18.9 Å². The van der Waals surface area contributed by atoms with Crippen LogP contribution < -0.4 is 16.2 Å². The third kappa shape index (κ3) is 2.60. The maximum atomic E-state index is 12.2. The van der Waals surface area contributed by atoms with E-state index in [-0.39, 0.29) is 17.1 Å². The molecular formula is C11H14ClN5O. The molecule has 7 heteroatoms. The van der Waals surface area contributed by atoms with Gasteiger partial charge in [0.25, 0.3) is 0 Å². The molecule has 1 amide bonds. The van der Waals surface area contributed by atoms with Gasteiger partial charge in [-0.2, -0.15) is 4.98 Å². The summed E-state index contributed by atoms with van der Waals surface area (Å²) in [6, 6.07) is 0. The molecule has 1 aromatic rings. The summed E-state index contributed by atoms with van der Waals surface area (Å²) in [5, 5.41) is 0.0733. The largest absolute Gasteiger partial charge is 0.307 e. The van der Waals surface area contributed by atoms with Crippen molar-refractivity contribution in [1.82, 2.24) is 9.97 Å². The molecule has 0 bridgehead atoms. The number of nitrogens with zero attached hydrogens (tertiary/aromatic N) is 3. The van der Waals surface area contributed by atoms with E-state index < -0.39 is 0 Å². The van der Waals surface area contributed by atoms with Crippen molar-refractivity contribution in [3.05, 3.63) is 24.1 Å². The molecule has 1 aromatic heterocycles. The molecule has 1 heterocycles. The Bertz CT molecular complexity index is 475. The maximum Gasteiger partial charge on any atom is 0.230 e. The second-order valence-electron chi connectivity index (χ2n) is 4.03. The van der Waals surface area contributed by atoms with E-state index in [4.69, 9.17) is 17.4 Å². The quantitative estimate of drug-likeness (QED) is 0.364. The number of carbonyl (C=O) groups excluding carboxylic acids is 1. The summed E-state index contributed by atoms with van der Waals surface area (Å²) in [5.74, 6) is 5.84. The van der Waals surface area contributed by atoms with Crippen LogP contribution in [0.4, 0.5) is 11.5 Å². The van der Waals surface area contributed by atoms with E-state index in [1.807, 2.05) is 0 Å². The Labute approximate surface area is 110 Å². The SMILES string of the molecule is C=CCN(C(=O)C1CC1)c1cnc(Cl)nc1NN. The van der Waals surface area contributed by atoms with Crippen LogP contribution in [0.3, 0.4) is 0 Å². The van der Waals surface area contributed by atoms with Crippen LogP contribution in [0.2, 0.25) is 5.28 Å². The molecule has 1 fully saturated rings. The Hall–Kier alpha value is -1.66. The highest BCUT2D eigenvalue weighted by molar-refractivity contribution is 6.28. The summed E-state index contributed by atoms with van der Waals surface area (Å²) in [4.78, 5) is 21.6. The van der Waals surface area contributed by atoms with Crippen LogP contribution in [-0.4, -0.2) is 22.4 Å². The van der Waals surface area contributed by atoms with Crippen molar-refractivity contribution < 1.29 is 4.79 Å². The van der Waals surface area contributed by atoms with Crippen LogP contribution in [0.5, 0.6) is 0 Å². The first-order valence-electron chi connectivity index (χ1n) is 5.58. The fourth-order valence-corrected chi connectivity index (χ4v) is 1.78. The predicted octanol–water partition coefficient (Wildman–Crippen LogP) is 1.34. The number of amides is 1. The standard InChI is InChI=1S/C11H14ClN5O/c1-2-5-17(10(18)7-3-4-7)8-6-14-11(12)15-9(8)16-13/h2,6-7H,1,3-5,13H2,(H,14,15,16). The van der Waals surface area contributed by atoms with Crippen molar-refractivity contribution in [2.24, 2.45) is 11.8 Å². The number of hydrogen-bond donors (Lipinski definition) is 2. The van der Waals surface area contributed by atoms with Gasteiger partial charge >= 0.3 is 0 Å². The number of hydrazine groups is 1. The number of nitrogen functional groups attached to an aromatic ring is 1. The molecule has 0 unspecified atom stereocenters. The van der Waals surface area contributed by atoms with Crippen molar-refractivity contribution >= 4 is 29.0 Å². The molecule has 6 nitrogen and oxygen atoms in total. The summed E-state index contributed by atoms with van der Waals surface area (Å²) in [7, 11) is 0. The third-order valence-electron chi connectivity index (χ3n) is 2.67. The van der Waals surface area contributed by atoms with Gasteiger partial charge in [0.2, 0.25) is 11.2 Å². The minimum absolute atomic E-state index is 0.0392. The highest BCUT2D eigenvalue weighted by Crippen LogP contribution is 2.34. The summed E-state index contributed by atoms with van der Waals surface area (Å²) in [5.41, 5.74) is 2.94. The molecule has 1 saturated carbocycles. The van der Waals surface area contributed by atoms with Gasteiger partial charge in [-0.25, -0.2) is 10.8 Å². The zero-order chi connectivity index (χ0) is 13.1. The molecule has 0 aromatic carbocycles. The number of carbonyl (C=O) groups is 1. The van der Waals surface area contributed by atoms with Gasteiger partial charge in [0.1, 0.15) is 5.69 Å². The lowest BCUT2D eigenvalue weighted by molar-refractivity contribution is -0.119. The molecule has 0 radical (unpaired) electrons. The highest BCUT2D eigenvalue weighted by Gasteiger charge is 2.34. The Morgan fingerprint density at radius 1 is 1.72 bits per heavy atom. The topological polar surface area (TPSA) is 84.1 Å². The molecular weight excluding hydrogens is 254 g/mol. The van der Waals surface area contributed by atoms with Gasteiger partial charge in [-0.3, -0.25) is 4.79 Å². The Morgan fingerprint density at radius 2 is 2.44 bits per heavy atom. The Morgan fingerprint density at radius 3 is 3.00 bits per heavy atom. The van der Waals surface area contributed by atoms with Crippen LogP contribution in [0.1, 0.15) is 12.8 Å². The van der Waals surface area contributed by atoms with E-state index in [2.05, 4.69) is 22.0 Å². The van der Waals surface area contributed by atoms with Gasteiger partial charge < -0.3 is 10.3 Å². The zero-order valence-electron chi connectivity index (χ0n) is 9.77. The van der Waals surface area contributed by atoms with Crippen molar-refractivity contribution in [1.29, 1.82) is 0 Å². The first-order valence-corrected chi connectivity index (χ1v) is 5.96. The second kappa shape index (κ2) is 5.32. The number of nitrogens with one attached hydrogen (secondary N) is 1. The number of halogens is 1. The first-order chi connectivity index (χ1) is 8.67. The number of anilines is 2. The van der Waals surface area contributed by atoms with E-state index >= 15 is 0 Å². The van der Waals surface area contributed by atoms with Gasteiger partial charge in [-0.05, 0) is 24.4 Å². The summed E-state index contributed by atoms with van der Waals surface area (Å²) >= 11 is 5.69. The average Bonchev–Trinajstić information content (AvgIpc) is 3.19. The van der Waals surface area contributed by atoms with E-state index in [0.717, 1.165) is 12.8 Å². The molecule has 1 aliphatic rings. The van der Waals surface area contributed by atoms with Crippen molar-refractivity contribution in [3.63, 3.8) is 0 Å². The lowest BCUT2D eigenvalue weighted by Gasteiger charge is -2.22. The third-order valence-corrected chi connectivity index (χ3v) is 2.85. The lowest BCUT2D eigenvalue weighted by Crippen LogP contribution is -2.33. The van der Waals surface area contributed by atoms with Crippen molar-refractivity contribution in [2.75, 3.05) is 16.9 Å². The maximum absolute atomic E-state index is 12.2. The number of hydrogen-bond acceptors (Lipinski definition) is 5. The van der Waals surface area contributed by atoms with Crippen molar-refractivity contribution in [3.8, 4) is 0 Å². The van der Waals surface area contributed by atoms with Gasteiger partial charge in [-0.15, -0.1) is 6.58 Å². The van der Waals surface area contributed by atoms with Gasteiger partial charge in [0.05, 0.1) is 6.20 Å². The molecule has 0 saturated heterocycles. The smallest absolute Gasteiger partial charge is 0.230 e. The number of aromatic nitrogens is 2. The average molecular weight is 268 g/mol. The second-order valence-corrected chi connectivity index (χ2v) is 4.37. The molecule has 3 N–H and O–H groups in total. The monoisotopic (exact) mass is 267 g/mol. The zero-order valence-corrected chi connectivity index (χ0v) is 10.5. The van der Waals surface area contributed by atoms with Gasteiger partial charge in [-0.1, -0.05) is 6.08 Å². The fourth-order valence-electron chi connectivity index (χ4n) is 1.64. The van der Waals surface area contributed by atoms with Crippen LogP contribution >= 0.6 is 11.6 Å². The highest BCUT2D eigenvalue weighted by atomic mass is 35.5. The van der Waals surface area contributed by atoms with E-state index in [9.17, 15) is 4.79 Å². The van der Waals surface area contributed by atoms with Crippen LogP contribution in [0.25, 0.3) is 0 Å². The van der Waals surface area contributed by atoms with Gasteiger partial charge in [0.15, 0.2) is 5.82 Å². The van der Waals surface area contributed by atoms with Crippen LogP contribution in [0, 0.1) is 5.92 Å². The normalized spacial score (nSPS) is 14.1. The molecule has 0 atom stereocenters. The molecule has 2 rings (SSSR count). The molecule has 0 aliphatic heterocycles. The van der Waals surface area contributed by atoms with Crippen LogP contribution in [-0.2, 0) is 4.79 Å². The van der Waals surface area contributed by atoms with E-state index in [0.29, 0.717) is 18.1 Å². The molecule has 96 valence electrons. The summed E-state index contributed by atoms with van der Waals surface area (Å²) in [6.45, 7) is 4.03. The fraction of sp³-hybridized carbons (Fsp3) is 0.364. The Balaban J connectivity index is 2.34. The minimum Gasteiger partial charge on any atom is -0.307 e. The first kappa shape index (κ1) is 12.8. The summed E-state index contributed by atoms with van der Waals surface area (Å²) in [6.07, 6.45) is 4.97. The van der Waals surface area contributed by atoms with Gasteiger partial charge in [0, 0.05) is 12.5 Å². The number of nitrogens with two attached hydrogens (primary N) is 1. The van der Waals surface area contributed by atoms with Crippen molar-refractivity contribution in [2.45, 2.75) is 12.8 Å². The minimum atomic E-state index is 0.0392. The molecule has 0 spiro atoms. The van der Waals surface area contributed by atoms with E-state index in [1.165, 1.54) is 6.20 Å². The number of rotatable bonds is 5. The molecule has 18 heavy (non-hydrogen) atoms. The van der Waals surface area contributed by atoms with E-state index in [1.54, 1.807) is 11.0 Å². The lowest BCUT2D eigenvalue weighted by atomic mass is 10.3. The molecule has 1 aliphatic carbocycles. The Kier molecular flexibility index (Phi) is 3.78.